The van der Waals surface area contributed by atoms with Gasteiger partial charge in [0.25, 0.3) is 0 Å². The summed E-state index contributed by atoms with van der Waals surface area (Å²) in [4.78, 5) is 6.80. The molecule has 1 aromatic carbocycles. The lowest BCUT2D eigenvalue weighted by Crippen LogP contribution is -2.38. The Balaban J connectivity index is 1.43. The van der Waals surface area contributed by atoms with Crippen LogP contribution in [-0.2, 0) is 6.54 Å². The summed E-state index contributed by atoms with van der Waals surface area (Å²) in [6, 6.07) is 6.45. The quantitative estimate of drug-likeness (QED) is 0.942. The number of nitrogens with zero attached hydrogens (tertiary/aromatic N) is 3. The van der Waals surface area contributed by atoms with Crippen LogP contribution in [0.25, 0.3) is 11.4 Å². The number of fused-ring (bicyclic) bond motifs is 1. The van der Waals surface area contributed by atoms with Gasteiger partial charge in [0.1, 0.15) is 5.82 Å². The van der Waals surface area contributed by atoms with Gasteiger partial charge in [0.2, 0.25) is 11.7 Å². The highest BCUT2D eigenvalue weighted by Crippen LogP contribution is 2.36. The Hall–Kier alpha value is -1.79. The van der Waals surface area contributed by atoms with Gasteiger partial charge in [-0.2, -0.15) is 4.98 Å². The van der Waals surface area contributed by atoms with E-state index in [9.17, 15) is 4.39 Å². The lowest BCUT2D eigenvalue weighted by Gasteiger charge is -2.29. The van der Waals surface area contributed by atoms with Gasteiger partial charge in [-0.05, 0) is 48.9 Å². The van der Waals surface area contributed by atoms with Crippen molar-refractivity contribution >= 4 is 0 Å². The van der Waals surface area contributed by atoms with Crippen molar-refractivity contribution in [3.8, 4) is 11.4 Å². The molecule has 6 heteroatoms. The van der Waals surface area contributed by atoms with Crippen LogP contribution in [0.15, 0.2) is 28.8 Å². The number of rotatable bonds is 3. The number of aromatic nitrogens is 2. The van der Waals surface area contributed by atoms with Gasteiger partial charge in [-0.15, -0.1) is 0 Å². The molecule has 2 aromatic rings. The van der Waals surface area contributed by atoms with E-state index in [4.69, 9.17) is 10.3 Å². The molecular formula is C17H21FN4O. The second kappa shape index (κ2) is 6.02. The van der Waals surface area contributed by atoms with Gasteiger partial charge in [0.15, 0.2) is 0 Å². The van der Waals surface area contributed by atoms with Crippen LogP contribution in [0.3, 0.4) is 0 Å². The van der Waals surface area contributed by atoms with Crippen molar-refractivity contribution in [3.05, 3.63) is 36.0 Å². The first-order valence-corrected chi connectivity index (χ1v) is 8.25. The van der Waals surface area contributed by atoms with E-state index in [2.05, 4.69) is 15.0 Å². The molecule has 0 bridgehead atoms. The maximum atomic E-state index is 13.0. The lowest BCUT2D eigenvalue weighted by molar-refractivity contribution is 0.252. The van der Waals surface area contributed by atoms with Crippen molar-refractivity contribution in [1.29, 1.82) is 0 Å². The summed E-state index contributed by atoms with van der Waals surface area (Å²) in [6.07, 6.45) is 3.66. The summed E-state index contributed by atoms with van der Waals surface area (Å²) in [5.74, 6) is 2.15. The monoisotopic (exact) mass is 316 g/mol. The molecule has 1 aromatic heterocycles. The molecule has 4 rings (SSSR count). The summed E-state index contributed by atoms with van der Waals surface area (Å²) < 4.78 is 18.3. The second-order valence-electron chi connectivity index (χ2n) is 6.73. The number of halogens is 1. The highest BCUT2D eigenvalue weighted by molar-refractivity contribution is 5.53. The lowest BCUT2D eigenvalue weighted by atomic mass is 9.78. The molecule has 1 aliphatic heterocycles. The minimum atomic E-state index is -0.270. The molecule has 2 fully saturated rings. The highest BCUT2D eigenvalue weighted by atomic mass is 19.1. The van der Waals surface area contributed by atoms with Crippen LogP contribution in [-0.4, -0.2) is 34.2 Å². The van der Waals surface area contributed by atoms with Crippen molar-refractivity contribution < 1.29 is 8.91 Å². The van der Waals surface area contributed by atoms with Gasteiger partial charge < -0.3 is 10.3 Å². The molecule has 0 radical (unpaired) electrons. The summed E-state index contributed by atoms with van der Waals surface area (Å²) in [6.45, 7) is 2.74. The van der Waals surface area contributed by atoms with Crippen LogP contribution in [0.1, 0.15) is 25.2 Å². The summed E-state index contributed by atoms with van der Waals surface area (Å²) in [5, 5.41) is 4.00. The van der Waals surface area contributed by atoms with Gasteiger partial charge in [-0.1, -0.05) is 11.6 Å². The van der Waals surface area contributed by atoms with Crippen LogP contribution in [0.2, 0.25) is 0 Å². The molecule has 0 amide bonds. The predicted molar refractivity (Wildman–Crippen MR) is 83.8 cm³/mol. The molecule has 2 aliphatic rings. The first kappa shape index (κ1) is 14.8. The van der Waals surface area contributed by atoms with Crippen LogP contribution in [0, 0.1) is 17.7 Å². The van der Waals surface area contributed by atoms with Gasteiger partial charge in [0, 0.05) is 24.7 Å². The molecule has 3 atom stereocenters. The zero-order valence-electron chi connectivity index (χ0n) is 13.0. The van der Waals surface area contributed by atoms with Gasteiger partial charge in [-0.25, -0.2) is 4.39 Å². The normalized spacial score (nSPS) is 28.0. The maximum Gasteiger partial charge on any atom is 0.241 e. The van der Waals surface area contributed by atoms with Gasteiger partial charge in [0.05, 0.1) is 6.54 Å². The molecule has 5 nitrogen and oxygen atoms in total. The SMILES string of the molecule is NC1CCCC2CN(Cc3nc(-c4ccc(F)cc4)no3)CC12. The van der Waals surface area contributed by atoms with Crippen molar-refractivity contribution in [3.63, 3.8) is 0 Å². The molecule has 122 valence electrons. The third-order valence-electron chi connectivity index (χ3n) is 5.16. The number of hydrogen-bond donors (Lipinski definition) is 1. The molecule has 23 heavy (non-hydrogen) atoms. The smallest absolute Gasteiger partial charge is 0.241 e. The topological polar surface area (TPSA) is 68.2 Å². The first-order valence-electron chi connectivity index (χ1n) is 8.25. The molecule has 1 aliphatic carbocycles. The van der Waals surface area contributed by atoms with Crippen molar-refractivity contribution in [2.75, 3.05) is 13.1 Å². The number of benzene rings is 1. The Morgan fingerprint density at radius 2 is 2.04 bits per heavy atom. The van der Waals surface area contributed by atoms with Crippen LogP contribution in [0.5, 0.6) is 0 Å². The largest absolute Gasteiger partial charge is 0.338 e. The number of nitrogens with two attached hydrogens (primary N) is 1. The van der Waals surface area contributed by atoms with Crippen molar-refractivity contribution in [1.82, 2.24) is 15.0 Å². The third kappa shape index (κ3) is 3.01. The summed E-state index contributed by atoms with van der Waals surface area (Å²) in [5.41, 5.74) is 7.02. The van der Waals surface area contributed by atoms with Crippen molar-refractivity contribution in [2.45, 2.75) is 31.8 Å². The van der Waals surface area contributed by atoms with E-state index in [1.54, 1.807) is 12.1 Å². The number of hydrogen-bond acceptors (Lipinski definition) is 5. The van der Waals surface area contributed by atoms with E-state index in [-0.39, 0.29) is 5.82 Å². The number of likely N-dealkylation sites (tertiary alicyclic amines) is 1. The van der Waals surface area contributed by atoms with Crippen LogP contribution in [0.4, 0.5) is 4.39 Å². The average Bonchev–Trinajstić information content (AvgIpc) is 3.16. The molecule has 1 saturated carbocycles. The molecular weight excluding hydrogens is 295 g/mol. The zero-order valence-corrected chi connectivity index (χ0v) is 13.0. The molecule has 2 N–H and O–H groups in total. The van der Waals surface area contributed by atoms with E-state index >= 15 is 0 Å². The molecule has 2 heterocycles. The Bertz CT molecular complexity index is 671. The third-order valence-corrected chi connectivity index (χ3v) is 5.16. The van der Waals surface area contributed by atoms with Gasteiger partial charge in [-0.3, -0.25) is 4.90 Å². The first-order chi connectivity index (χ1) is 11.2. The van der Waals surface area contributed by atoms with E-state index in [0.717, 1.165) is 25.1 Å². The van der Waals surface area contributed by atoms with E-state index in [0.29, 0.717) is 36.1 Å². The Morgan fingerprint density at radius 1 is 1.22 bits per heavy atom. The Labute approximate surface area is 134 Å². The summed E-state index contributed by atoms with van der Waals surface area (Å²) in [7, 11) is 0. The highest BCUT2D eigenvalue weighted by Gasteiger charge is 2.38. The molecule has 3 unspecified atom stereocenters. The Kier molecular flexibility index (Phi) is 3.87. The van der Waals surface area contributed by atoms with E-state index in [1.807, 2.05) is 0 Å². The average molecular weight is 316 g/mol. The van der Waals surface area contributed by atoms with Crippen LogP contribution < -0.4 is 5.73 Å². The van der Waals surface area contributed by atoms with E-state index in [1.165, 1.54) is 25.0 Å². The second-order valence-corrected chi connectivity index (χ2v) is 6.73. The standard InChI is InChI=1S/C17H21FN4O/c18-13-6-4-11(5-7-13)17-20-16(23-21-17)10-22-8-12-2-1-3-15(19)14(12)9-22/h4-7,12,14-15H,1-3,8-10,19H2. The Morgan fingerprint density at radius 3 is 2.83 bits per heavy atom. The van der Waals surface area contributed by atoms with Crippen LogP contribution >= 0.6 is 0 Å². The molecule has 1 saturated heterocycles. The van der Waals surface area contributed by atoms with Crippen molar-refractivity contribution in [2.24, 2.45) is 17.6 Å². The molecule has 0 spiro atoms. The van der Waals surface area contributed by atoms with E-state index < -0.39 is 0 Å². The fraction of sp³-hybridized carbons (Fsp3) is 0.529. The summed E-state index contributed by atoms with van der Waals surface area (Å²) >= 11 is 0. The minimum absolute atomic E-state index is 0.270. The fourth-order valence-electron chi connectivity index (χ4n) is 3.96. The fourth-order valence-corrected chi connectivity index (χ4v) is 3.96. The van der Waals surface area contributed by atoms with Gasteiger partial charge >= 0.3 is 0 Å². The zero-order chi connectivity index (χ0) is 15.8. The maximum absolute atomic E-state index is 13.0. The predicted octanol–water partition coefficient (Wildman–Crippen LogP) is 2.43. The minimum Gasteiger partial charge on any atom is -0.338 e.